The van der Waals surface area contributed by atoms with E-state index >= 15 is 0 Å². The molecule has 0 aliphatic rings. The van der Waals surface area contributed by atoms with Gasteiger partial charge in [-0.2, -0.15) is 0 Å². The van der Waals surface area contributed by atoms with Crippen molar-refractivity contribution < 1.29 is 4.79 Å². The number of rotatable bonds is 6. The first kappa shape index (κ1) is 15.3. The van der Waals surface area contributed by atoms with E-state index in [4.69, 9.17) is 5.73 Å². The zero-order valence-electron chi connectivity index (χ0n) is 12.5. The highest BCUT2D eigenvalue weighted by atomic mass is 16.1. The molecule has 2 rings (SSSR count). The van der Waals surface area contributed by atoms with Crippen molar-refractivity contribution in [1.29, 1.82) is 0 Å². The summed E-state index contributed by atoms with van der Waals surface area (Å²) < 4.78 is 0. The van der Waals surface area contributed by atoms with E-state index in [0.29, 0.717) is 12.5 Å². The second-order valence-electron chi connectivity index (χ2n) is 5.55. The number of carbonyl (C=O) groups excluding carboxylic acids is 1. The van der Waals surface area contributed by atoms with Gasteiger partial charge in [0.1, 0.15) is 5.65 Å². The molecule has 0 saturated heterocycles. The monoisotopic (exact) mass is 286 g/mol. The van der Waals surface area contributed by atoms with Crippen LogP contribution in [0.5, 0.6) is 0 Å². The Bertz CT molecular complexity index is 630. The Morgan fingerprint density at radius 1 is 1.52 bits per heavy atom. The van der Waals surface area contributed by atoms with Crippen molar-refractivity contribution in [3.8, 4) is 0 Å². The molecule has 0 aromatic carbocycles. The molecule has 5 heteroatoms. The molecule has 2 heterocycles. The molecule has 0 unspecified atom stereocenters. The Morgan fingerprint density at radius 3 is 3.05 bits per heavy atom. The van der Waals surface area contributed by atoms with Crippen molar-refractivity contribution >= 4 is 23.0 Å². The second-order valence-corrected chi connectivity index (χ2v) is 5.55. The number of hydrogen-bond donors (Lipinski definition) is 3. The van der Waals surface area contributed by atoms with E-state index in [-0.39, 0.29) is 11.9 Å². The number of amides is 1. The number of aromatic amines is 1. The van der Waals surface area contributed by atoms with Gasteiger partial charge in [-0.1, -0.05) is 13.8 Å². The van der Waals surface area contributed by atoms with Crippen LogP contribution < -0.4 is 11.1 Å². The van der Waals surface area contributed by atoms with Crippen LogP contribution in [0.2, 0.25) is 0 Å². The third-order valence-electron chi connectivity index (χ3n) is 3.28. The number of aromatic nitrogens is 2. The van der Waals surface area contributed by atoms with Gasteiger partial charge in [0.2, 0.25) is 5.91 Å². The Morgan fingerprint density at radius 2 is 2.33 bits per heavy atom. The number of hydrogen-bond acceptors (Lipinski definition) is 3. The van der Waals surface area contributed by atoms with Crippen LogP contribution in [0.15, 0.2) is 30.6 Å². The van der Waals surface area contributed by atoms with Gasteiger partial charge in [-0.25, -0.2) is 4.98 Å². The molecular weight excluding hydrogens is 264 g/mol. The Hall–Kier alpha value is -2.14. The molecule has 0 saturated carbocycles. The van der Waals surface area contributed by atoms with Crippen LogP contribution in [0.1, 0.15) is 25.8 Å². The topological polar surface area (TPSA) is 83.8 Å². The summed E-state index contributed by atoms with van der Waals surface area (Å²) in [5.74, 6) is 0.381. The number of nitrogens with two attached hydrogens (primary N) is 1. The Balaban J connectivity index is 2.01. The van der Waals surface area contributed by atoms with Gasteiger partial charge in [-0.3, -0.25) is 4.79 Å². The van der Waals surface area contributed by atoms with E-state index in [0.717, 1.165) is 23.0 Å². The first-order chi connectivity index (χ1) is 10.1. The molecule has 1 atom stereocenters. The Kier molecular flexibility index (Phi) is 5.11. The fourth-order valence-electron chi connectivity index (χ4n) is 2.31. The highest BCUT2D eigenvalue weighted by Crippen LogP contribution is 2.16. The molecule has 0 aliphatic carbocycles. The number of pyridine rings is 1. The van der Waals surface area contributed by atoms with Gasteiger partial charge in [-0.05, 0) is 30.5 Å². The average Bonchev–Trinajstić information content (AvgIpc) is 2.87. The minimum absolute atomic E-state index is 0.0202. The largest absolute Gasteiger partial charge is 0.349 e. The predicted octanol–water partition coefficient (Wildman–Crippen LogP) is 2.07. The molecule has 1 amide bonds. The van der Waals surface area contributed by atoms with Crippen molar-refractivity contribution in [3.63, 3.8) is 0 Å². The van der Waals surface area contributed by atoms with Crippen molar-refractivity contribution in [2.24, 2.45) is 11.7 Å². The molecule has 0 fully saturated rings. The van der Waals surface area contributed by atoms with Gasteiger partial charge in [0.25, 0.3) is 0 Å². The third-order valence-corrected chi connectivity index (χ3v) is 3.28. The summed E-state index contributed by atoms with van der Waals surface area (Å²) in [6.07, 6.45) is 7.79. The summed E-state index contributed by atoms with van der Waals surface area (Å²) in [6, 6.07) is 3.87. The van der Waals surface area contributed by atoms with E-state index in [1.807, 2.05) is 18.3 Å². The zero-order valence-corrected chi connectivity index (χ0v) is 12.5. The number of H-pyrrole nitrogens is 1. The van der Waals surface area contributed by atoms with Crippen LogP contribution in [0.4, 0.5) is 0 Å². The molecular formula is C16H22N4O. The van der Waals surface area contributed by atoms with E-state index < -0.39 is 0 Å². The van der Waals surface area contributed by atoms with Crippen LogP contribution in [0.3, 0.4) is 0 Å². The smallest absolute Gasteiger partial charge is 0.244 e. The van der Waals surface area contributed by atoms with Crippen molar-refractivity contribution in [2.45, 2.75) is 26.3 Å². The third kappa shape index (κ3) is 4.16. The van der Waals surface area contributed by atoms with E-state index in [1.54, 1.807) is 18.3 Å². The van der Waals surface area contributed by atoms with Gasteiger partial charge in [0, 0.05) is 42.0 Å². The lowest BCUT2D eigenvalue weighted by molar-refractivity contribution is -0.117. The molecule has 21 heavy (non-hydrogen) atoms. The molecule has 2 aromatic rings. The van der Waals surface area contributed by atoms with Gasteiger partial charge >= 0.3 is 0 Å². The molecule has 4 N–H and O–H groups in total. The number of nitrogens with zero attached hydrogens (tertiary/aromatic N) is 1. The maximum atomic E-state index is 11.9. The van der Waals surface area contributed by atoms with E-state index in [2.05, 4.69) is 29.1 Å². The predicted molar refractivity (Wildman–Crippen MR) is 85.6 cm³/mol. The summed E-state index contributed by atoms with van der Waals surface area (Å²) in [4.78, 5) is 19.2. The number of nitrogens with one attached hydrogen (secondary N) is 2. The van der Waals surface area contributed by atoms with Gasteiger partial charge in [0.05, 0.1) is 0 Å². The lowest BCUT2D eigenvalue weighted by Gasteiger charge is -2.17. The van der Waals surface area contributed by atoms with Crippen molar-refractivity contribution in [3.05, 3.63) is 36.2 Å². The number of fused-ring (bicyclic) bond motifs is 1. The van der Waals surface area contributed by atoms with E-state index in [9.17, 15) is 4.79 Å². The molecule has 0 bridgehead atoms. The minimum Gasteiger partial charge on any atom is -0.349 e. The van der Waals surface area contributed by atoms with Crippen LogP contribution >= 0.6 is 0 Å². The van der Waals surface area contributed by atoms with Gasteiger partial charge < -0.3 is 16.0 Å². The molecule has 2 aromatic heterocycles. The van der Waals surface area contributed by atoms with Gasteiger partial charge in [0.15, 0.2) is 0 Å². The van der Waals surface area contributed by atoms with E-state index in [1.165, 1.54) is 0 Å². The maximum Gasteiger partial charge on any atom is 0.244 e. The zero-order chi connectivity index (χ0) is 15.2. The SMILES string of the molecule is CC(C)C[C@@H](CN)NC(=O)/C=C/c1c[nH]c2ncccc12. The van der Waals surface area contributed by atoms with Crippen LogP contribution in [-0.2, 0) is 4.79 Å². The van der Waals surface area contributed by atoms with Crippen molar-refractivity contribution in [2.75, 3.05) is 6.54 Å². The molecule has 5 nitrogen and oxygen atoms in total. The second kappa shape index (κ2) is 7.04. The first-order valence-corrected chi connectivity index (χ1v) is 7.21. The summed E-state index contributed by atoms with van der Waals surface area (Å²) in [5.41, 5.74) is 7.45. The minimum atomic E-state index is -0.121. The lowest BCUT2D eigenvalue weighted by atomic mass is 10.0. The normalized spacial score (nSPS) is 13.1. The molecule has 0 radical (unpaired) electrons. The standard InChI is InChI=1S/C16H22N4O/c1-11(2)8-13(9-17)20-15(21)6-5-12-10-19-16-14(12)4-3-7-18-16/h3-7,10-11,13H,8-9,17H2,1-2H3,(H,18,19)(H,20,21)/b6-5+/t13-/m0/s1. The first-order valence-electron chi connectivity index (χ1n) is 7.21. The molecule has 112 valence electrons. The highest BCUT2D eigenvalue weighted by Gasteiger charge is 2.10. The quantitative estimate of drug-likeness (QED) is 0.711. The average molecular weight is 286 g/mol. The maximum absolute atomic E-state index is 11.9. The fourth-order valence-corrected chi connectivity index (χ4v) is 2.31. The summed E-state index contributed by atoms with van der Waals surface area (Å²) >= 11 is 0. The number of carbonyl (C=O) groups is 1. The highest BCUT2D eigenvalue weighted by molar-refractivity contribution is 5.95. The van der Waals surface area contributed by atoms with Crippen LogP contribution in [0.25, 0.3) is 17.1 Å². The lowest BCUT2D eigenvalue weighted by Crippen LogP contribution is -2.40. The van der Waals surface area contributed by atoms with Crippen molar-refractivity contribution in [1.82, 2.24) is 15.3 Å². The summed E-state index contributed by atoms with van der Waals surface area (Å²) in [5, 5.41) is 3.93. The van der Waals surface area contributed by atoms with Gasteiger partial charge in [-0.15, -0.1) is 0 Å². The molecule has 0 aliphatic heterocycles. The fraction of sp³-hybridized carbons (Fsp3) is 0.375. The van der Waals surface area contributed by atoms with Crippen LogP contribution in [0, 0.1) is 5.92 Å². The van der Waals surface area contributed by atoms with Crippen LogP contribution in [-0.4, -0.2) is 28.5 Å². The summed E-state index contributed by atoms with van der Waals surface area (Å²) in [7, 11) is 0. The Labute approximate surface area is 124 Å². The summed E-state index contributed by atoms with van der Waals surface area (Å²) in [6.45, 7) is 4.68. The molecule has 0 spiro atoms.